The van der Waals surface area contributed by atoms with Crippen LogP contribution < -0.4 is 5.32 Å². The van der Waals surface area contributed by atoms with Gasteiger partial charge in [0.1, 0.15) is 12.2 Å². The highest BCUT2D eigenvalue weighted by Gasteiger charge is 2.84. The smallest absolute Gasteiger partial charge is 0.407 e. The van der Waals surface area contributed by atoms with Gasteiger partial charge in [-0.15, -0.1) is 0 Å². The fraction of sp³-hybridized carbons (Fsp3) is 0.974. The van der Waals surface area contributed by atoms with Crippen molar-refractivity contribution in [3.05, 3.63) is 0 Å². The fourth-order valence-corrected chi connectivity index (χ4v) is 14.2. The molecule has 2 aliphatic heterocycles. The third-order valence-corrected chi connectivity index (χ3v) is 16.2. The molecule has 7 aliphatic rings. The van der Waals surface area contributed by atoms with E-state index in [9.17, 15) is 15.0 Å². The van der Waals surface area contributed by atoms with Crippen LogP contribution in [-0.4, -0.2) is 90.1 Å². The third kappa shape index (κ3) is 4.79. The number of aliphatic hydroxyl groups is 2. The molecule has 3 N–H and O–H groups in total. The van der Waals surface area contributed by atoms with E-state index in [4.69, 9.17) is 14.2 Å². The maximum absolute atomic E-state index is 13.0. The van der Waals surface area contributed by atoms with Gasteiger partial charge in [0, 0.05) is 43.6 Å². The number of alkyl carbamates (subject to hydrolysis) is 1. The van der Waals surface area contributed by atoms with E-state index < -0.39 is 17.8 Å². The molecular formula is C39H66N2O6. The lowest BCUT2D eigenvalue weighted by atomic mass is 9.41. The van der Waals surface area contributed by atoms with Crippen LogP contribution >= 0.6 is 0 Å². The first kappa shape index (κ1) is 34.5. The Bertz CT molecular complexity index is 1210. The zero-order valence-corrected chi connectivity index (χ0v) is 30.9. The van der Waals surface area contributed by atoms with E-state index in [2.05, 4.69) is 51.8 Å². The van der Waals surface area contributed by atoms with Gasteiger partial charge in [0.2, 0.25) is 0 Å². The Morgan fingerprint density at radius 1 is 1.04 bits per heavy atom. The molecule has 0 radical (unpaired) electrons. The normalized spacial score (nSPS) is 49.3. The van der Waals surface area contributed by atoms with Crippen LogP contribution in [0.1, 0.15) is 114 Å². The van der Waals surface area contributed by atoms with Crippen LogP contribution in [0.3, 0.4) is 0 Å². The minimum Gasteiger partial charge on any atom is -0.446 e. The molecular weight excluding hydrogens is 592 g/mol. The summed E-state index contributed by atoms with van der Waals surface area (Å²) in [5.41, 5.74) is -0.829. The van der Waals surface area contributed by atoms with Gasteiger partial charge < -0.3 is 34.6 Å². The Balaban J connectivity index is 1.08. The number of aliphatic hydroxyl groups excluding tert-OH is 1. The van der Waals surface area contributed by atoms with E-state index >= 15 is 0 Å². The molecule has 2 spiro atoms. The quantitative estimate of drug-likeness (QED) is 0.293. The summed E-state index contributed by atoms with van der Waals surface area (Å²) in [5.74, 6) is 2.40. The third-order valence-electron chi connectivity index (χ3n) is 16.2. The topological polar surface area (TPSA) is 100 Å². The molecule has 8 heteroatoms. The number of carbonyl (C=O) groups is 1. The summed E-state index contributed by atoms with van der Waals surface area (Å²) < 4.78 is 19.3. The van der Waals surface area contributed by atoms with Gasteiger partial charge >= 0.3 is 6.09 Å². The van der Waals surface area contributed by atoms with E-state index in [0.29, 0.717) is 30.9 Å². The van der Waals surface area contributed by atoms with E-state index in [-0.39, 0.29) is 57.4 Å². The lowest BCUT2D eigenvalue weighted by Crippen LogP contribution is -2.60. The van der Waals surface area contributed by atoms with Crippen LogP contribution in [0.4, 0.5) is 4.79 Å². The number of hydrogen-bond acceptors (Lipinski definition) is 7. The average molecular weight is 659 g/mol. The molecule has 5 saturated carbocycles. The molecule has 0 aromatic heterocycles. The van der Waals surface area contributed by atoms with Crippen LogP contribution in [0.25, 0.3) is 0 Å². The molecule has 0 aromatic carbocycles. The molecule has 47 heavy (non-hydrogen) atoms. The standard InChI is InChI=1S/C39H66N2O6/c1-10-45-32(35(6,7)44)25-19-24(3)29-30(46-25)31(42)37(9)27-12-11-26-34(4,5)28(47-33(43)40-17-18-41-20-23(2)21-41)13-14-38(26)22-39(27,38)16-15-36(29,37)8/h23-32,42,44H,10-22H2,1-9H3,(H,40,43)/t24-,25-,26+,27+,28+,29+,30+,31+,32+,36-,37-,38-,39+/m1/s1. The number of nitrogens with zero attached hydrogens (tertiary/aromatic N) is 1. The molecule has 0 unspecified atom stereocenters. The van der Waals surface area contributed by atoms with Crippen molar-refractivity contribution < 1.29 is 29.2 Å². The van der Waals surface area contributed by atoms with Crippen molar-refractivity contribution in [1.29, 1.82) is 0 Å². The molecule has 268 valence electrons. The van der Waals surface area contributed by atoms with E-state index in [1.54, 1.807) is 0 Å². The summed E-state index contributed by atoms with van der Waals surface area (Å²) in [6.07, 6.45) is 6.98. The van der Waals surface area contributed by atoms with Gasteiger partial charge in [0.15, 0.2) is 0 Å². The van der Waals surface area contributed by atoms with Gasteiger partial charge in [-0.25, -0.2) is 4.79 Å². The molecule has 1 amide bonds. The second kappa shape index (κ2) is 11.3. The largest absolute Gasteiger partial charge is 0.446 e. The number of likely N-dealkylation sites (tertiary alicyclic amines) is 1. The first-order chi connectivity index (χ1) is 22.0. The van der Waals surface area contributed by atoms with E-state index in [0.717, 1.165) is 64.1 Å². The van der Waals surface area contributed by atoms with Gasteiger partial charge in [-0.1, -0.05) is 41.5 Å². The van der Waals surface area contributed by atoms with Crippen LogP contribution in [0.15, 0.2) is 0 Å². The monoisotopic (exact) mass is 658 g/mol. The fourth-order valence-electron chi connectivity index (χ4n) is 14.2. The van der Waals surface area contributed by atoms with Gasteiger partial charge in [-0.2, -0.15) is 0 Å². The molecule has 0 aromatic rings. The second-order valence-corrected chi connectivity index (χ2v) is 19.3. The van der Waals surface area contributed by atoms with Crippen molar-refractivity contribution in [2.45, 2.75) is 150 Å². The maximum atomic E-state index is 13.0. The zero-order chi connectivity index (χ0) is 33.9. The Kier molecular flexibility index (Phi) is 8.29. The van der Waals surface area contributed by atoms with Crippen LogP contribution in [0.2, 0.25) is 0 Å². The number of ether oxygens (including phenoxy) is 3. The second-order valence-electron chi connectivity index (χ2n) is 19.3. The molecule has 5 aliphatic carbocycles. The number of carbonyl (C=O) groups excluding carboxylic acids is 1. The maximum Gasteiger partial charge on any atom is 0.407 e. The number of nitrogens with one attached hydrogen (secondary N) is 1. The summed E-state index contributed by atoms with van der Waals surface area (Å²) in [6, 6.07) is 0. The molecule has 2 saturated heterocycles. The lowest BCUT2D eigenvalue weighted by Gasteiger charge is -2.63. The molecule has 7 fully saturated rings. The number of rotatable bonds is 8. The van der Waals surface area contributed by atoms with Crippen molar-refractivity contribution in [2.24, 2.45) is 56.7 Å². The summed E-state index contributed by atoms with van der Waals surface area (Å²) in [6.45, 7) is 24.2. The van der Waals surface area contributed by atoms with E-state index in [1.165, 1.54) is 12.8 Å². The van der Waals surface area contributed by atoms with Crippen LogP contribution in [-0.2, 0) is 14.2 Å². The molecule has 2 heterocycles. The Labute approximate surface area is 284 Å². The number of hydrogen-bond donors (Lipinski definition) is 3. The van der Waals surface area contributed by atoms with Crippen molar-refractivity contribution in [3.8, 4) is 0 Å². The average Bonchev–Trinajstić information content (AvgIpc) is 3.60. The van der Waals surface area contributed by atoms with Crippen molar-refractivity contribution >= 4 is 6.09 Å². The molecule has 7 rings (SSSR count). The molecule has 8 nitrogen and oxygen atoms in total. The summed E-state index contributed by atoms with van der Waals surface area (Å²) in [5, 5.41) is 26.6. The summed E-state index contributed by atoms with van der Waals surface area (Å²) >= 11 is 0. The van der Waals surface area contributed by atoms with Crippen molar-refractivity contribution in [1.82, 2.24) is 10.2 Å². The zero-order valence-electron chi connectivity index (χ0n) is 30.9. The minimum atomic E-state index is -1.02. The Morgan fingerprint density at radius 3 is 2.38 bits per heavy atom. The Hall–Kier alpha value is -0.930. The highest BCUT2D eigenvalue weighted by Crippen LogP contribution is 2.89. The molecule has 0 bridgehead atoms. The van der Waals surface area contributed by atoms with Crippen LogP contribution in [0.5, 0.6) is 0 Å². The van der Waals surface area contributed by atoms with Gasteiger partial charge in [-0.05, 0) is 118 Å². The van der Waals surface area contributed by atoms with Gasteiger partial charge in [-0.3, -0.25) is 0 Å². The first-order valence-corrected chi connectivity index (χ1v) is 19.3. The van der Waals surface area contributed by atoms with Crippen molar-refractivity contribution in [3.63, 3.8) is 0 Å². The van der Waals surface area contributed by atoms with Crippen LogP contribution in [0, 0.1) is 56.7 Å². The predicted octanol–water partition coefficient (Wildman–Crippen LogP) is 6.02. The highest BCUT2D eigenvalue weighted by molar-refractivity contribution is 5.67. The number of amides is 1. The van der Waals surface area contributed by atoms with Gasteiger partial charge in [0.05, 0.1) is 23.9 Å². The number of fused-ring (bicyclic) bond motifs is 4. The predicted molar refractivity (Wildman–Crippen MR) is 182 cm³/mol. The highest BCUT2D eigenvalue weighted by atomic mass is 16.6. The molecule has 13 atom stereocenters. The summed E-state index contributed by atoms with van der Waals surface area (Å²) in [7, 11) is 0. The lowest BCUT2D eigenvalue weighted by molar-refractivity contribution is -0.215. The summed E-state index contributed by atoms with van der Waals surface area (Å²) in [4.78, 5) is 15.3. The van der Waals surface area contributed by atoms with Crippen molar-refractivity contribution in [2.75, 3.05) is 32.8 Å². The minimum absolute atomic E-state index is 0.00808. The van der Waals surface area contributed by atoms with Gasteiger partial charge in [0.25, 0.3) is 0 Å². The first-order valence-electron chi connectivity index (χ1n) is 19.3. The Morgan fingerprint density at radius 2 is 1.72 bits per heavy atom. The van der Waals surface area contributed by atoms with E-state index in [1.807, 2.05) is 20.8 Å². The SMILES string of the molecule is CCO[C@@H]([C@H]1C[C@@H](C)[C@H]2[C@H](O1)[C@H](O)[C@@]1(C)[C@@H]3CC[C@H]4C(C)(C)[C@@H](OC(=O)NCCN5CC(C)C5)CC[C@@]45C[C@@]35CC[C@]21C)C(C)(C)O.